The SMILES string of the molecule is O=C1CC(C(=O)N2CCOCC2)Cc2ccccc21. The molecule has 3 rings (SSSR count). The van der Waals surface area contributed by atoms with Gasteiger partial charge in [-0.05, 0) is 12.0 Å². The molecule has 0 radical (unpaired) electrons. The Labute approximate surface area is 112 Å². The lowest BCUT2D eigenvalue weighted by Crippen LogP contribution is -2.45. The normalized spacial score (nSPS) is 23.1. The quantitative estimate of drug-likeness (QED) is 0.763. The number of nitrogens with zero attached hydrogens (tertiary/aromatic N) is 1. The minimum Gasteiger partial charge on any atom is -0.378 e. The first-order valence-corrected chi connectivity index (χ1v) is 6.73. The van der Waals surface area contributed by atoms with Gasteiger partial charge in [0.1, 0.15) is 0 Å². The second-order valence-corrected chi connectivity index (χ2v) is 5.12. The summed E-state index contributed by atoms with van der Waals surface area (Å²) in [7, 11) is 0. The van der Waals surface area contributed by atoms with E-state index in [1.807, 2.05) is 29.2 Å². The highest BCUT2D eigenvalue weighted by molar-refractivity contribution is 6.01. The maximum atomic E-state index is 12.4. The van der Waals surface area contributed by atoms with Crippen LogP contribution in [0.1, 0.15) is 22.3 Å². The highest BCUT2D eigenvalue weighted by atomic mass is 16.5. The monoisotopic (exact) mass is 259 g/mol. The van der Waals surface area contributed by atoms with E-state index >= 15 is 0 Å². The Morgan fingerprint density at radius 3 is 2.68 bits per heavy atom. The van der Waals surface area contributed by atoms with Crippen molar-refractivity contribution in [2.45, 2.75) is 12.8 Å². The Balaban J connectivity index is 1.77. The summed E-state index contributed by atoms with van der Waals surface area (Å²) in [5.41, 5.74) is 1.79. The molecule has 1 aromatic carbocycles. The second-order valence-electron chi connectivity index (χ2n) is 5.12. The predicted octanol–water partition coefficient (Wildman–Crippen LogP) is 1.29. The topological polar surface area (TPSA) is 46.6 Å². The summed E-state index contributed by atoms with van der Waals surface area (Å²) in [4.78, 5) is 26.3. The van der Waals surface area contributed by atoms with Crippen molar-refractivity contribution in [2.75, 3.05) is 26.3 Å². The van der Waals surface area contributed by atoms with E-state index < -0.39 is 0 Å². The molecule has 0 N–H and O–H groups in total. The number of Topliss-reactive ketones (excluding diaryl/α,β-unsaturated/α-hetero) is 1. The number of morpholine rings is 1. The molecule has 1 amide bonds. The highest BCUT2D eigenvalue weighted by Gasteiger charge is 2.32. The van der Waals surface area contributed by atoms with Gasteiger partial charge in [-0.15, -0.1) is 0 Å². The summed E-state index contributed by atoms with van der Waals surface area (Å²) in [6.07, 6.45) is 1.02. The Kier molecular flexibility index (Phi) is 3.34. The Morgan fingerprint density at radius 1 is 1.16 bits per heavy atom. The first-order chi connectivity index (χ1) is 9.25. The molecule has 0 bridgehead atoms. The summed E-state index contributed by atoms with van der Waals surface area (Å²) < 4.78 is 5.25. The van der Waals surface area contributed by atoms with Gasteiger partial charge < -0.3 is 9.64 Å². The lowest BCUT2D eigenvalue weighted by atomic mass is 9.82. The molecule has 4 heteroatoms. The lowest BCUT2D eigenvalue weighted by Gasteiger charge is -2.32. The van der Waals surface area contributed by atoms with Crippen LogP contribution >= 0.6 is 0 Å². The van der Waals surface area contributed by atoms with Gasteiger partial charge in [-0.1, -0.05) is 24.3 Å². The van der Waals surface area contributed by atoms with Gasteiger partial charge in [0, 0.05) is 31.0 Å². The number of carbonyl (C=O) groups excluding carboxylic acids is 2. The van der Waals surface area contributed by atoms with E-state index in [0.29, 0.717) is 39.1 Å². The van der Waals surface area contributed by atoms with Gasteiger partial charge in [-0.3, -0.25) is 9.59 Å². The molecule has 100 valence electrons. The molecule has 1 aromatic rings. The van der Waals surface area contributed by atoms with Crippen LogP contribution in [-0.2, 0) is 16.0 Å². The van der Waals surface area contributed by atoms with E-state index in [0.717, 1.165) is 11.1 Å². The van der Waals surface area contributed by atoms with Crippen LogP contribution in [0.5, 0.6) is 0 Å². The zero-order chi connectivity index (χ0) is 13.2. The summed E-state index contributed by atoms with van der Waals surface area (Å²) in [5.74, 6) is 0.000104. The molecule has 4 nitrogen and oxygen atoms in total. The molecule has 2 aliphatic rings. The molecule has 1 fully saturated rings. The number of rotatable bonds is 1. The molecule has 1 saturated heterocycles. The van der Waals surface area contributed by atoms with Crippen LogP contribution in [0.2, 0.25) is 0 Å². The first kappa shape index (κ1) is 12.4. The van der Waals surface area contributed by atoms with E-state index in [-0.39, 0.29) is 17.6 Å². The first-order valence-electron chi connectivity index (χ1n) is 6.73. The number of benzene rings is 1. The van der Waals surface area contributed by atoms with E-state index in [1.54, 1.807) is 0 Å². The standard InChI is InChI=1S/C15H17NO3/c17-14-10-12(9-11-3-1-2-4-13(11)14)15(18)16-5-7-19-8-6-16/h1-4,12H,5-10H2. The summed E-state index contributed by atoms with van der Waals surface area (Å²) >= 11 is 0. The van der Waals surface area contributed by atoms with Crippen molar-refractivity contribution in [2.24, 2.45) is 5.92 Å². The molecule has 19 heavy (non-hydrogen) atoms. The third-order valence-corrected chi connectivity index (χ3v) is 3.89. The van der Waals surface area contributed by atoms with Crippen LogP contribution in [-0.4, -0.2) is 42.9 Å². The van der Waals surface area contributed by atoms with Gasteiger partial charge >= 0.3 is 0 Å². The Morgan fingerprint density at radius 2 is 1.89 bits per heavy atom. The number of ether oxygens (including phenoxy) is 1. The van der Waals surface area contributed by atoms with E-state index in [4.69, 9.17) is 4.74 Å². The van der Waals surface area contributed by atoms with Crippen molar-refractivity contribution in [3.63, 3.8) is 0 Å². The number of amides is 1. The summed E-state index contributed by atoms with van der Waals surface area (Å²) in [6, 6.07) is 7.60. The van der Waals surface area contributed by atoms with Crippen LogP contribution in [0, 0.1) is 5.92 Å². The molecule has 1 aliphatic carbocycles. The maximum absolute atomic E-state index is 12.4. The fourth-order valence-corrected chi connectivity index (χ4v) is 2.86. The van der Waals surface area contributed by atoms with Gasteiger partial charge in [0.05, 0.1) is 13.2 Å². The van der Waals surface area contributed by atoms with Crippen molar-refractivity contribution in [3.05, 3.63) is 35.4 Å². The van der Waals surface area contributed by atoms with Gasteiger partial charge in [0.25, 0.3) is 0 Å². The molecule has 1 heterocycles. The van der Waals surface area contributed by atoms with Gasteiger partial charge in [0.2, 0.25) is 5.91 Å². The van der Waals surface area contributed by atoms with Crippen molar-refractivity contribution < 1.29 is 14.3 Å². The van der Waals surface area contributed by atoms with Crippen LogP contribution in [0.4, 0.5) is 0 Å². The molecular formula is C15H17NO3. The van der Waals surface area contributed by atoms with E-state index in [2.05, 4.69) is 0 Å². The van der Waals surface area contributed by atoms with Crippen LogP contribution in [0.15, 0.2) is 24.3 Å². The van der Waals surface area contributed by atoms with Gasteiger partial charge in [-0.2, -0.15) is 0 Å². The third kappa shape index (κ3) is 2.40. The summed E-state index contributed by atoms with van der Waals surface area (Å²) in [5, 5.41) is 0. The molecule has 0 aromatic heterocycles. The van der Waals surface area contributed by atoms with Crippen molar-refractivity contribution in [3.8, 4) is 0 Å². The molecule has 0 spiro atoms. The largest absolute Gasteiger partial charge is 0.378 e. The molecule has 0 saturated carbocycles. The van der Waals surface area contributed by atoms with E-state index in [9.17, 15) is 9.59 Å². The maximum Gasteiger partial charge on any atom is 0.226 e. The van der Waals surface area contributed by atoms with Crippen LogP contribution in [0.25, 0.3) is 0 Å². The van der Waals surface area contributed by atoms with E-state index in [1.165, 1.54) is 0 Å². The predicted molar refractivity (Wildman–Crippen MR) is 70.0 cm³/mol. The molecular weight excluding hydrogens is 242 g/mol. The average molecular weight is 259 g/mol. The number of hydrogen-bond acceptors (Lipinski definition) is 3. The molecule has 1 atom stereocenters. The third-order valence-electron chi connectivity index (χ3n) is 3.89. The number of fused-ring (bicyclic) bond motifs is 1. The van der Waals surface area contributed by atoms with Gasteiger partial charge in [0.15, 0.2) is 5.78 Å². The van der Waals surface area contributed by atoms with Crippen LogP contribution < -0.4 is 0 Å². The zero-order valence-electron chi connectivity index (χ0n) is 10.8. The summed E-state index contributed by atoms with van der Waals surface area (Å²) in [6.45, 7) is 2.49. The molecule has 1 unspecified atom stereocenters. The Hall–Kier alpha value is -1.68. The second kappa shape index (κ2) is 5.13. The number of ketones is 1. The fraction of sp³-hybridized carbons (Fsp3) is 0.467. The number of hydrogen-bond donors (Lipinski definition) is 0. The zero-order valence-corrected chi connectivity index (χ0v) is 10.8. The minimum atomic E-state index is -0.194. The fourth-order valence-electron chi connectivity index (χ4n) is 2.86. The van der Waals surface area contributed by atoms with Crippen molar-refractivity contribution in [1.82, 2.24) is 4.90 Å². The lowest BCUT2D eigenvalue weighted by molar-refractivity contribution is -0.139. The van der Waals surface area contributed by atoms with Gasteiger partial charge in [-0.25, -0.2) is 0 Å². The highest BCUT2D eigenvalue weighted by Crippen LogP contribution is 2.27. The number of carbonyl (C=O) groups is 2. The Bertz CT molecular complexity index is 506. The minimum absolute atomic E-state index is 0.0912. The smallest absolute Gasteiger partial charge is 0.226 e. The average Bonchev–Trinajstić information content (AvgIpc) is 2.47. The molecule has 1 aliphatic heterocycles. The van der Waals surface area contributed by atoms with Crippen LogP contribution in [0.3, 0.4) is 0 Å². The van der Waals surface area contributed by atoms with Crippen molar-refractivity contribution >= 4 is 11.7 Å². The van der Waals surface area contributed by atoms with Crippen molar-refractivity contribution in [1.29, 1.82) is 0 Å².